The predicted molar refractivity (Wildman–Crippen MR) is 141 cm³/mol. The molecule has 4 aromatic rings. The molecule has 12 nitrogen and oxygen atoms in total. The molecule has 5 rings (SSSR count). The van der Waals surface area contributed by atoms with E-state index in [1.807, 2.05) is 48.5 Å². The van der Waals surface area contributed by atoms with Crippen molar-refractivity contribution < 1.29 is 24.8 Å². The maximum Gasteiger partial charge on any atom is 0.207 e. The maximum atomic E-state index is 10.6. The Hall–Kier alpha value is -3.81. The van der Waals surface area contributed by atoms with Crippen molar-refractivity contribution in [2.24, 2.45) is 5.73 Å². The highest BCUT2D eigenvalue weighted by molar-refractivity contribution is 5.84. The summed E-state index contributed by atoms with van der Waals surface area (Å²) in [4.78, 5) is 12.8. The first-order valence-corrected chi connectivity index (χ1v) is 12.4. The molecule has 3 heterocycles. The minimum Gasteiger partial charge on any atom is -0.494 e. The minimum atomic E-state index is -1.31. The first kappa shape index (κ1) is 25.8. The van der Waals surface area contributed by atoms with Crippen LogP contribution < -0.4 is 21.5 Å². The number of aromatic nitrogens is 4. The van der Waals surface area contributed by atoms with Gasteiger partial charge in [-0.1, -0.05) is 36.4 Å². The topological polar surface area (TPSA) is 187 Å². The molecule has 0 amide bonds. The van der Waals surface area contributed by atoms with Gasteiger partial charge in [0.05, 0.1) is 13.2 Å². The average molecular weight is 522 g/mol. The molecule has 1 aliphatic rings. The molecule has 0 unspecified atom stereocenters. The fourth-order valence-electron chi connectivity index (χ4n) is 4.42. The number of aliphatic hydroxyl groups excluding tert-OH is 3. The number of hydrogen-bond acceptors (Lipinski definition) is 11. The minimum absolute atomic E-state index is 0.169. The monoisotopic (exact) mass is 521 g/mol. The largest absolute Gasteiger partial charge is 0.494 e. The SMILES string of the molecule is NCCCOc1cccc(-c2ccc(CNc3nc4c(N)ncnc4n3[C@@H]3O[C@H](CO)[C@@H](O)[C@H]3O)cc2)c1. The lowest BCUT2D eigenvalue weighted by Gasteiger charge is -2.19. The highest BCUT2D eigenvalue weighted by atomic mass is 16.6. The summed E-state index contributed by atoms with van der Waals surface area (Å²) in [6, 6.07) is 15.9. The highest BCUT2D eigenvalue weighted by Gasteiger charge is 2.45. The summed E-state index contributed by atoms with van der Waals surface area (Å²) in [5, 5.41) is 33.7. The van der Waals surface area contributed by atoms with Gasteiger partial charge >= 0.3 is 0 Å². The van der Waals surface area contributed by atoms with Crippen LogP contribution in [0.1, 0.15) is 18.2 Å². The molecule has 1 saturated heterocycles. The molecular weight excluding hydrogens is 490 g/mol. The van der Waals surface area contributed by atoms with Crippen LogP contribution in [0.4, 0.5) is 11.8 Å². The van der Waals surface area contributed by atoms with Crippen molar-refractivity contribution in [3.05, 3.63) is 60.4 Å². The lowest BCUT2D eigenvalue weighted by molar-refractivity contribution is -0.0501. The van der Waals surface area contributed by atoms with Gasteiger partial charge < -0.3 is 41.6 Å². The number of fused-ring (bicyclic) bond motifs is 1. The molecule has 2 aromatic heterocycles. The lowest BCUT2D eigenvalue weighted by atomic mass is 10.0. The van der Waals surface area contributed by atoms with E-state index in [-0.39, 0.29) is 5.82 Å². The molecule has 12 heteroatoms. The molecule has 0 radical (unpaired) electrons. The molecule has 1 aliphatic heterocycles. The quantitative estimate of drug-likeness (QED) is 0.164. The van der Waals surface area contributed by atoms with Gasteiger partial charge in [-0.2, -0.15) is 0 Å². The highest BCUT2D eigenvalue weighted by Crippen LogP contribution is 2.35. The predicted octanol–water partition coefficient (Wildman–Crippen LogP) is 1.03. The van der Waals surface area contributed by atoms with Gasteiger partial charge in [-0.15, -0.1) is 0 Å². The van der Waals surface area contributed by atoms with Gasteiger partial charge in [-0.3, -0.25) is 4.57 Å². The third-order valence-electron chi connectivity index (χ3n) is 6.47. The second-order valence-electron chi connectivity index (χ2n) is 9.03. The first-order chi connectivity index (χ1) is 18.5. The van der Waals surface area contributed by atoms with Gasteiger partial charge in [0, 0.05) is 6.54 Å². The maximum absolute atomic E-state index is 10.6. The van der Waals surface area contributed by atoms with Crippen LogP contribution in [0, 0.1) is 0 Å². The molecule has 8 N–H and O–H groups in total. The molecule has 0 saturated carbocycles. The number of nitrogen functional groups attached to an aromatic ring is 1. The van der Waals surface area contributed by atoms with E-state index in [1.165, 1.54) is 10.9 Å². The molecule has 4 atom stereocenters. The van der Waals surface area contributed by atoms with Crippen LogP contribution in [0.15, 0.2) is 54.9 Å². The van der Waals surface area contributed by atoms with Crippen molar-refractivity contribution >= 4 is 22.9 Å². The van der Waals surface area contributed by atoms with E-state index in [4.69, 9.17) is 20.9 Å². The Morgan fingerprint density at radius 1 is 1.05 bits per heavy atom. The van der Waals surface area contributed by atoms with E-state index in [0.29, 0.717) is 36.8 Å². The van der Waals surface area contributed by atoms with Gasteiger partial charge in [0.1, 0.15) is 30.4 Å². The number of rotatable bonds is 10. The van der Waals surface area contributed by atoms with Crippen LogP contribution in [0.25, 0.3) is 22.3 Å². The van der Waals surface area contributed by atoms with Crippen molar-refractivity contribution in [1.29, 1.82) is 0 Å². The average Bonchev–Trinajstić information content (AvgIpc) is 3.45. The molecule has 1 fully saturated rings. The third-order valence-corrected chi connectivity index (χ3v) is 6.47. The van der Waals surface area contributed by atoms with E-state index in [9.17, 15) is 15.3 Å². The summed E-state index contributed by atoms with van der Waals surface area (Å²) in [6.07, 6.45) is -2.48. The number of nitrogens with two attached hydrogens (primary N) is 2. The van der Waals surface area contributed by atoms with E-state index >= 15 is 0 Å². The molecule has 38 heavy (non-hydrogen) atoms. The summed E-state index contributed by atoms with van der Waals surface area (Å²) >= 11 is 0. The summed E-state index contributed by atoms with van der Waals surface area (Å²) < 4.78 is 13.0. The number of ether oxygens (including phenoxy) is 2. The Morgan fingerprint density at radius 2 is 1.87 bits per heavy atom. The fourth-order valence-corrected chi connectivity index (χ4v) is 4.42. The van der Waals surface area contributed by atoms with Gasteiger partial charge in [0.15, 0.2) is 23.2 Å². The van der Waals surface area contributed by atoms with Gasteiger partial charge in [-0.25, -0.2) is 15.0 Å². The van der Waals surface area contributed by atoms with Crippen molar-refractivity contribution in [3.63, 3.8) is 0 Å². The summed E-state index contributed by atoms with van der Waals surface area (Å²) in [5.41, 5.74) is 15.3. The van der Waals surface area contributed by atoms with Crippen molar-refractivity contribution in [2.45, 2.75) is 37.5 Å². The number of anilines is 2. The molecule has 0 bridgehead atoms. The Kier molecular flexibility index (Phi) is 7.67. The van der Waals surface area contributed by atoms with Crippen molar-refractivity contribution in [2.75, 3.05) is 30.8 Å². The van der Waals surface area contributed by atoms with Crippen LogP contribution >= 0.6 is 0 Å². The number of imidazole rings is 1. The summed E-state index contributed by atoms with van der Waals surface area (Å²) in [5.74, 6) is 1.29. The molecule has 0 aliphatic carbocycles. The Labute approximate surface area is 218 Å². The van der Waals surface area contributed by atoms with E-state index in [1.54, 1.807) is 0 Å². The second-order valence-corrected chi connectivity index (χ2v) is 9.03. The Morgan fingerprint density at radius 3 is 2.61 bits per heavy atom. The number of nitrogens with zero attached hydrogens (tertiary/aromatic N) is 4. The Balaban J connectivity index is 1.35. The van der Waals surface area contributed by atoms with Crippen LogP contribution in [-0.4, -0.2) is 72.9 Å². The van der Waals surface area contributed by atoms with Crippen LogP contribution in [0.5, 0.6) is 5.75 Å². The summed E-state index contributed by atoms with van der Waals surface area (Å²) in [7, 11) is 0. The van der Waals surface area contributed by atoms with Gasteiger partial charge in [0.2, 0.25) is 5.95 Å². The number of aliphatic hydroxyl groups is 3. The zero-order valence-corrected chi connectivity index (χ0v) is 20.6. The molecular formula is C26H31N7O5. The first-order valence-electron chi connectivity index (χ1n) is 12.4. The standard InChI is InChI=1S/C26H31N7O5/c27-9-2-10-37-18-4-1-3-17(11-18)16-7-5-15(6-8-16)12-29-26-32-20-23(28)30-14-31-24(20)33(26)25-22(36)21(35)19(13-34)38-25/h1,3-8,11,14,19,21-22,25,34-36H,2,9-10,12-13,27H2,(H,29,32)(H2,28,30,31)/t19-,21-,22-,25-/m1/s1. The molecule has 0 spiro atoms. The van der Waals surface area contributed by atoms with Crippen molar-refractivity contribution in [3.8, 4) is 16.9 Å². The fraction of sp³-hybridized carbons (Fsp3) is 0.346. The third kappa shape index (κ3) is 5.12. The van der Waals surface area contributed by atoms with Crippen LogP contribution in [0.2, 0.25) is 0 Å². The Bertz CT molecular complexity index is 1380. The van der Waals surface area contributed by atoms with E-state index < -0.39 is 31.1 Å². The van der Waals surface area contributed by atoms with E-state index in [2.05, 4.69) is 20.3 Å². The lowest BCUT2D eigenvalue weighted by Crippen LogP contribution is -2.33. The number of hydrogen-bond donors (Lipinski definition) is 6. The van der Waals surface area contributed by atoms with Gasteiger partial charge in [-0.05, 0) is 41.8 Å². The van der Waals surface area contributed by atoms with Crippen LogP contribution in [0.3, 0.4) is 0 Å². The number of nitrogens with one attached hydrogen (secondary N) is 1. The summed E-state index contributed by atoms with van der Waals surface area (Å²) in [6.45, 7) is 1.12. The zero-order chi connectivity index (χ0) is 26.6. The smallest absolute Gasteiger partial charge is 0.207 e. The van der Waals surface area contributed by atoms with E-state index in [0.717, 1.165) is 28.9 Å². The molecule has 200 valence electrons. The number of benzene rings is 2. The normalized spacial score (nSPS) is 21.2. The van der Waals surface area contributed by atoms with Gasteiger partial charge in [0.25, 0.3) is 0 Å². The van der Waals surface area contributed by atoms with Crippen molar-refractivity contribution in [1.82, 2.24) is 19.5 Å². The molecule has 2 aromatic carbocycles. The second kappa shape index (κ2) is 11.3. The zero-order valence-electron chi connectivity index (χ0n) is 20.6. The van der Waals surface area contributed by atoms with Crippen LogP contribution in [-0.2, 0) is 11.3 Å².